The van der Waals surface area contributed by atoms with E-state index < -0.39 is 0 Å². The van der Waals surface area contributed by atoms with Gasteiger partial charge in [-0.25, -0.2) is 15.0 Å². The number of nitrogen functional groups attached to an aromatic ring is 1. The van der Waals surface area contributed by atoms with Crippen LogP contribution in [0.2, 0.25) is 0 Å². The van der Waals surface area contributed by atoms with Gasteiger partial charge in [-0.05, 0) is 38.0 Å². The molecule has 2 aromatic heterocycles. The highest BCUT2D eigenvalue weighted by Crippen LogP contribution is 2.52. The van der Waals surface area contributed by atoms with Gasteiger partial charge in [-0.1, -0.05) is 18.7 Å². The van der Waals surface area contributed by atoms with Crippen LogP contribution in [0.25, 0.3) is 11.3 Å². The first-order valence-electron chi connectivity index (χ1n) is 8.76. The summed E-state index contributed by atoms with van der Waals surface area (Å²) >= 11 is 0. The van der Waals surface area contributed by atoms with Crippen molar-refractivity contribution < 1.29 is 0 Å². The third-order valence-corrected chi connectivity index (χ3v) is 4.77. The summed E-state index contributed by atoms with van der Waals surface area (Å²) < 4.78 is 0. The average molecular weight is 356 g/mol. The van der Waals surface area contributed by atoms with Gasteiger partial charge < -0.3 is 11.1 Å². The molecule has 0 unspecified atom stereocenters. The van der Waals surface area contributed by atoms with E-state index in [9.17, 15) is 0 Å². The largest absolute Gasteiger partial charge is 0.368 e. The normalized spacial score (nSPS) is 14.3. The number of aryl methyl sites for hydroxylation is 1. The highest BCUT2D eigenvalue weighted by molar-refractivity contribution is 5.64. The van der Waals surface area contributed by atoms with Gasteiger partial charge in [0.2, 0.25) is 5.95 Å². The van der Waals surface area contributed by atoms with Crippen molar-refractivity contribution in [1.29, 1.82) is 0 Å². The first-order chi connectivity index (χ1) is 13.1. The van der Waals surface area contributed by atoms with E-state index in [0.717, 1.165) is 46.9 Å². The lowest BCUT2D eigenvalue weighted by molar-refractivity contribution is 0.783. The van der Waals surface area contributed by atoms with Gasteiger partial charge in [0.15, 0.2) is 0 Å². The molecule has 1 aromatic carbocycles. The third kappa shape index (κ3) is 3.30. The molecule has 134 valence electrons. The van der Waals surface area contributed by atoms with Crippen molar-refractivity contribution in [2.75, 3.05) is 11.1 Å². The Morgan fingerprint density at radius 2 is 1.93 bits per heavy atom. The van der Waals surface area contributed by atoms with Crippen LogP contribution >= 0.6 is 0 Å². The van der Waals surface area contributed by atoms with Gasteiger partial charge in [-0.15, -0.1) is 5.73 Å². The van der Waals surface area contributed by atoms with Crippen LogP contribution < -0.4 is 11.1 Å². The monoisotopic (exact) mass is 356 g/mol. The van der Waals surface area contributed by atoms with Crippen molar-refractivity contribution in [3.8, 4) is 11.3 Å². The standard InChI is InChI=1S/C21H20N6/c1-3-18(21(9-10-21)19-8-11-24-20(22)27-19)26-16-6-4-15(5-7-16)17-13-23-12-14(2)25-17/h4-8,11-13,26H,1,9-10H2,2H3,(H2,22,24,27). The molecule has 3 aromatic rings. The number of aromatic nitrogens is 4. The summed E-state index contributed by atoms with van der Waals surface area (Å²) in [6, 6.07) is 9.98. The summed E-state index contributed by atoms with van der Waals surface area (Å²) in [4.78, 5) is 17.1. The Kier molecular flexibility index (Phi) is 4.18. The fraction of sp³-hybridized carbons (Fsp3) is 0.190. The second-order valence-electron chi connectivity index (χ2n) is 6.68. The lowest BCUT2D eigenvalue weighted by Crippen LogP contribution is -2.19. The lowest BCUT2D eigenvalue weighted by Gasteiger charge is -2.19. The Bertz CT molecular complexity index is 1030. The number of hydrogen-bond donors (Lipinski definition) is 2. The average Bonchev–Trinajstić information content (AvgIpc) is 3.48. The molecule has 3 N–H and O–H groups in total. The number of anilines is 2. The molecule has 2 heterocycles. The van der Waals surface area contributed by atoms with E-state index in [1.54, 1.807) is 18.6 Å². The van der Waals surface area contributed by atoms with Crippen molar-refractivity contribution in [1.82, 2.24) is 19.9 Å². The van der Waals surface area contributed by atoms with Crippen LogP contribution in [0.3, 0.4) is 0 Å². The van der Waals surface area contributed by atoms with Crippen molar-refractivity contribution in [3.05, 3.63) is 78.3 Å². The summed E-state index contributed by atoms with van der Waals surface area (Å²) in [6.45, 7) is 5.80. The fourth-order valence-electron chi connectivity index (χ4n) is 3.20. The SMILES string of the molecule is C=C=C(Nc1ccc(-c2cncc(C)n2)cc1)C1(c2ccnc(N)n2)CC1. The van der Waals surface area contributed by atoms with Crippen LogP contribution in [0, 0.1) is 6.92 Å². The number of hydrogen-bond acceptors (Lipinski definition) is 6. The number of rotatable bonds is 5. The maximum absolute atomic E-state index is 5.76. The number of nitrogens with one attached hydrogen (secondary N) is 1. The molecule has 0 bridgehead atoms. The van der Waals surface area contributed by atoms with Crippen molar-refractivity contribution in [2.24, 2.45) is 0 Å². The van der Waals surface area contributed by atoms with E-state index in [1.807, 2.05) is 37.3 Å². The molecule has 0 aliphatic heterocycles. The molecule has 1 fully saturated rings. The maximum Gasteiger partial charge on any atom is 0.220 e. The molecule has 6 nitrogen and oxygen atoms in total. The molecule has 0 atom stereocenters. The van der Waals surface area contributed by atoms with Crippen LogP contribution in [0.15, 0.2) is 66.9 Å². The second-order valence-corrected chi connectivity index (χ2v) is 6.68. The molecule has 1 aliphatic carbocycles. The number of benzene rings is 1. The Labute approximate surface area is 157 Å². The first-order valence-corrected chi connectivity index (χ1v) is 8.76. The highest BCUT2D eigenvalue weighted by atomic mass is 15.0. The zero-order chi connectivity index (χ0) is 18.9. The van der Waals surface area contributed by atoms with E-state index in [0.29, 0.717) is 0 Å². The van der Waals surface area contributed by atoms with Crippen molar-refractivity contribution >= 4 is 11.6 Å². The minimum absolute atomic E-state index is 0.209. The van der Waals surface area contributed by atoms with Gasteiger partial charge in [0.1, 0.15) is 0 Å². The third-order valence-electron chi connectivity index (χ3n) is 4.77. The molecule has 4 rings (SSSR count). The molecule has 0 amide bonds. The Hall–Kier alpha value is -3.50. The Morgan fingerprint density at radius 1 is 1.15 bits per heavy atom. The quantitative estimate of drug-likeness (QED) is 0.679. The van der Waals surface area contributed by atoms with Crippen molar-refractivity contribution in [2.45, 2.75) is 25.2 Å². The minimum atomic E-state index is -0.209. The van der Waals surface area contributed by atoms with E-state index in [4.69, 9.17) is 5.73 Å². The fourth-order valence-corrected chi connectivity index (χ4v) is 3.20. The van der Waals surface area contributed by atoms with E-state index in [1.165, 1.54) is 0 Å². The summed E-state index contributed by atoms with van der Waals surface area (Å²) in [6.07, 6.45) is 7.16. The summed E-state index contributed by atoms with van der Waals surface area (Å²) in [5, 5.41) is 3.45. The van der Waals surface area contributed by atoms with Crippen LogP contribution in [0.5, 0.6) is 0 Å². The number of nitrogens with zero attached hydrogens (tertiary/aromatic N) is 4. The van der Waals surface area contributed by atoms with Crippen LogP contribution in [-0.4, -0.2) is 19.9 Å². The van der Waals surface area contributed by atoms with Gasteiger partial charge in [-0.3, -0.25) is 4.98 Å². The molecule has 1 aliphatic rings. The molecule has 27 heavy (non-hydrogen) atoms. The number of allylic oxidation sites excluding steroid dienone is 1. The zero-order valence-electron chi connectivity index (χ0n) is 15.1. The molecule has 0 radical (unpaired) electrons. The smallest absolute Gasteiger partial charge is 0.220 e. The first kappa shape index (κ1) is 16.9. The molecular formula is C21H20N6. The molecular weight excluding hydrogens is 336 g/mol. The van der Waals surface area contributed by atoms with E-state index >= 15 is 0 Å². The van der Waals surface area contributed by atoms with E-state index in [2.05, 4.69) is 37.6 Å². The molecule has 6 heteroatoms. The van der Waals surface area contributed by atoms with Gasteiger partial charge in [0, 0.05) is 23.6 Å². The zero-order valence-corrected chi connectivity index (χ0v) is 15.1. The maximum atomic E-state index is 5.76. The van der Waals surface area contributed by atoms with Gasteiger partial charge in [0.25, 0.3) is 0 Å². The Balaban J connectivity index is 1.57. The van der Waals surface area contributed by atoms with Crippen molar-refractivity contribution in [3.63, 3.8) is 0 Å². The van der Waals surface area contributed by atoms with Crippen LogP contribution in [0.1, 0.15) is 24.2 Å². The minimum Gasteiger partial charge on any atom is -0.368 e. The molecule has 0 spiro atoms. The van der Waals surface area contributed by atoms with Crippen LogP contribution in [-0.2, 0) is 5.41 Å². The van der Waals surface area contributed by atoms with Gasteiger partial charge in [-0.2, -0.15) is 0 Å². The molecule has 0 saturated heterocycles. The van der Waals surface area contributed by atoms with Crippen LogP contribution in [0.4, 0.5) is 11.6 Å². The summed E-state index contributed by atoms with van der Waals surface area (Å²) in [7, 11) is 0. The molecule has 1 saturated carbocycles. The topological polar surface area (TPSA) is 89.6 Å². The summed E-state index contributed by atoms with van der Waals surface area (Å²) in [5.74, 6) is 0.283. The number of nitrogens with two attached hydrogens (primary N) is 1. The predicted molar refractivity (Wildman–Crippen MR) is 106 cm³/mol. The summed E-state index contributed by atoms with van der Waals surface area (Å²) in [5.41, 5.74) is 14.1. The second kappa shape index (κ2) is 6.67. The predicted octanol–water partition coefficient (Wildman–Crippen LogP) is 3.64. The highest BCUT2D eigenvalue weighted by Gasteiger charge is 2.49. The van der Waals surface area contributed by atoms with Gasteiger partial charge >= 0.3 is 0 Å². The lowest BCUT2D eigenvalue weighted by atomic mass is 9.97. The van der Waals surface area contributed by atoms with Gasteiger partial charge in [0.05, 0.1) is 34.4 Å². The van der Waals surface area contributed by atoms with E-state index in [-0.39, 0.29) is 11.4 Å². The Morgan fingerprint density at radius 3 is 2.56 bits per heavy atom.